The van der Waals surface area contributed by atoms with Crippen LogP contribution in [-0.4, -0.2) is 17.0 Å². The van der Waals surface area contributed by atoms with Gasteiger partial charge in [-0.05, 0) is 35.0 Å². The minimum absolute atomic E-state index is 0.400. The lowest BCUT2D eigenvalue weighted by molar-refractivity contribution is 0.481. The molecule has 17 heavy (non-hydrogen) atoms. The van der Waals surface area contributed by atoms with E-state index < -0.39 is 0 Å². The predicted octanol–water partition coefficient (Wildman–Crippen LogP) is 3.43. The van der Waals surface area contributed by atoms with E-state index in [0.717, 1.165) is 17.3 Å². The maximum absolute atomic E-state index is 5.92. The van der Waals surface area contributed by atoms with Crippen LogP contribution in [0.5, 0.6) is 0 Å². The fraction of sp³-hybridized carbons (Fsp3) is 0.273. The summed E-state index contributed by atoms with van der Waals surface area (Å²) in [6.07, 6.45) is 1.44. The van der Waals surface area contributed by atoms with E-state index in [2.05, 4.69) is 25.9 Å². The highest BCUT2D eigenvalue weighted by atomic mass is 79.9. The Balaban J connectivity index is 2.20. The molecule has 0 aliphatic carbocycles. The summed E-state index contributed by atoms with van der Waals surface area (Å²) in [5.74, 6) is 2.51. The molecule has 90 valence electrons. The average Bonchev–Trinajstić information content (AvgIpc) is 2.68. The van der Waals surface area contributed by atoms with E-state index in [4.69, 9.17) is 16.0 Å². The van der Waals surface area contributed by atoms with Crippen LogP contribution in [-0.2, 0) is 6.54 Å². The Hall–Kier alpha value is -1.07. The molecule has 0 aliphatic rings. The zero-order valence-electron chi connectivity index (χ0n) is 9.44. The molecular weight excluding hydrogens is 305 g/mol. The first-order chi connectivity index (χ1) is 8.08. The lowest BCUT2D eigenvalue weighted by Gasteiger charge is -2.18. The lowest BCUT2D eigenvalue weighted by Crippen LogP contribution is -2.18. The molecule has 6 heteroatoms. The molecule has 2 heterocycles. The van der Waals surface area contributed by atoms with E-state index in [9.17, 15) is 0 Å². The van der Waals surface area contributed by atoms with Crippen LogP contribution in [0.4, 0.5) is 5.82 Å². The minimum Gasteiger partial charge on any atom is -0.464 e. The number of hydrogen-bond donors (Lipinski definition) is 0. The third kappa shape index (κ3) is 2.79. The van der Waals surface area contributed by atoms with Crippen molar-refractivity contribution in [2.45, 2.75) is 13.5 Å². The highest BCUT2D eigenvalue weighted by molar-refractivity contribution is 9.10. The van der Waals surface area contributed by atoms with Gasteiger partial charge in [-0.25, -0.2) is 9.97 Å². The van der Waals surface area contributed by atoms with Crippen LogP contribution in [0.1, 0.15) is 11.5 Å². The van der Waals surface area contributed by atoms with E-state index >= 15 is 0 Å². The Morgan fingerprint density at radius 1 is 1.41 bits per heavy atom. The second kappa shape index (κ2) is 5.06. The Bertz CT molecular complexity index is 529. The van der Waals surface area contributed by atoms with Crippen molar-refractivity contribution in [3.8, 4) is 0 Å². The number of aromatic nitrogens is 2. The Morgan fingerprint density at radius 2 is 2.18 bits per heavy atom. The molecule has 0 aliphatic heterocycles. The van der Waals surface area contributed by atoms with Crippen molar-refractivity contribution in [1.82, 2.24) is 9.97 Å². The summed E-state index contributed by atoms with van der Waals surface area (Å²) >= 11 is 9.29. The smallest absolute Gasteiger partial charge is 0.148 e. The van der Waals surface area contributed by atoms with Crippen LogP contribution in [0, 0.1) is 6.92 Å². The molecule has 2 rings (SSSR count). The minimum atomic E-state index is 0.400. The maximum Gasteiger partial charge on any atom is 0.148 e. The predicted molar refractivity (Wildman–Crippen MR) is 70.3 cm³/mol. The van der Waals surface area contributed by atoms with Crippen molar-refractivity contribution in [3.63, 3.8) is 0 Å². The second-order valence-corrected chi connectivity index (χ2v) is 4.82. The van der Waals surface area contributed by atoms with Gasteiger partial charge in [0.2, 0.25) is 0 Å². The summed E-state index contributed by atoms with van der Waals surface area (Å²) in [7, 11) is 1.92. The van der Waals surface area contributed by atoms with Gasteiger partial charge >= 0.3 is 0 Å². The molecule has 0 saturated carbocycles. The van der Waals surface area contributed by atoms with E-state index in [1.54, 1.807) is 0 Å². The van der Waals surface area contributed by atoms with Crippen molar-refractivity contribution in [2.24, 2.45) is 0 Å². The Morgan fingerprint density at radius 3 is 2.82 bits per heavy atom. The molecule has 0 radical (unpaired) electrons. The molecule has 0 spiro atoms. The molecule has 4 nitrogen and oxygen atoms in total. The van der Waals surface area contributed by atoms with Crippen molar-refractivity contribution < 1.29 is 4.42 Å². The van der Waals surface area contributed by atoms with Gasteiger partial charge in [0.1, 0.15) is 28.8 Å². The number of rotatable bonds is 3. The molecule has 0 N–H and O–H groups in total. The van der Waals surface area contributed by atoms with Crippen LogP contribution in [0.3, 0.4) is 0 Å². The van der Waals surface area contributed by atoms with E-state index in [1.807, 2.05) is 31.0 Å². The Labute approximate surface area is 113 Å². The summed E-state index contributed by atoms with van der Waals surface area (Å²) in [5.41, 5.74) is 0. The number of anilines is 1. The quantitative estimate of drug-likeness (QED) is 0.814. The standard InChI is InChI=1S/C11H11BrClN3O/c1-7-3-4-8(17-7)5-16(2)11-9(12)10(13)14-6-15-11/h3-4,6H,5H2,1-2H3. The summed E-state index contributed by atoms with van der Waals surface area (Å²) in [6, 6.07) is 3.88. The first kappa shape index (κ1) is 12.4. The molecule has 0 aromatic carbocycles. The summed E-state index contributed by atoms with van der Waals surface area (Å²) in [4.78, 5) is 10.0. The molecule has 0 fully saturated rings. The molecule has 0 bridgehead atoms. The third-order valence-corrected chi connectivity index (χ3v) is 3.52. The highest BCUT2D eigenvalue weighted by Crippen LogP contribution is 2.29. The van der Waals surface area contributed by atoms with E-state index in [0.29, 0.717) is 16.2 Å². The molecule has 0 atom stereocenters. The second-order valence-electron chi connectivity index (χ2n) is 3.67. The van der Waals surface area contributed by atoms with Gasteiger partial charge in [0, 0.05) is 7.05 Å². The highest BCUT2D eigenvalue weighted by Gasteiger charge is 2.12. The van der Waals surface area contributed by atoms with Crippen molar-refractivity contribution in [3.05, 3.63) is 39.6 Å². The largest absolute Gasteiger partial charge is 0.464 e. The molecule has 2 aromatic rings. The first-order valence-corrected chi connectivity index (χ1v) is 6.17. The van der Waals surface area contributed by atoms with Gasteiger partial charge in [-0.1, -0.05) is 11.6 Å². The number of furan rings is 1. The van der Waals surface area contributed by atoms with Gasteiger partial charge < -0.3 is 9.32 Å². The van der Waals surface area contributed by atoms with Crippen molar-refractivity contribution in [1.29, 1.82) is 0 Å². The molecule has 0 saturated heterocycles. The van der Waals surface area contributed by atoms with Crippen LogP contribution < -0.4 is 4.90 Å². The summed E-state index contributed by atoms with van der Waals surface area (Å²) < 4.78 is 6.20. The van der Waals surface area contributed by atoms with Gasteiger partial charge in [-0.2, -0.15) is 0 Å². The van der Waals surface area contributed by atoms with Gasteiger partial charge in [0.25, 0.3) is 0 Å². The molecule has 0 unspecified atom stereocenters. The Kier molecular flexibility index (Phi) is 3.69. The fourth-order valence-electron chi connectivity index (χ4n) is 1.48. The number of nitrogens with zero attached hydrogens (tertiary/aromatic N) is 3. The fourth-order valence-corrected chi connectivity index (χ4v) is 2.12. The average molecular weight is 317 g/mol. The van der Waals surface area contributed by atoms with Crippen LogP contribution in [0.15, 0.2) is 27.3 Å². The monoisotopic (exact) mass is 315 g/mol. The van der Waals surface area contributed by atoms with Crippen LogP contribution in [0.2, 0.25) is 5.15 Å². The van der Waals surface area contributed by atoms with Crippen LogP contribution >= 0.6 is 27.5 Å². The zero-order chi connectivity index (χ0) is 12.4. The lowest BCUT2D eigenvalue weighted by atomic mass is 10.4. The van der Waals surface area contributed by atoms with Gasteiger partial charge in [0.15, 0.2) is 0 Å². The zero-order valence-corrected chi connectivity index (χ0v) is 11.8. The van der Waals surface area contributed by atoms with Crippen molar-refractivity contribution >= 4 is 33.3 Å². The number of aryl methyl sites for hydroxylation is 1. The van der Waals surface area contributed by atoms with Gasteiger partial charge in [-0.3, -0.25) is 0 Å². The molecule has 0 amide bonds. The SMILES string of the molecule is Cc1ccc(CN(C)c2ncnc(Cl)c2Br)o1. The van der Waals surface area contributed by atoms with Gasteiger partial charge in [-0.15, -0.1) is 0 Å². The first-order valence-electron chi connectivity index (χ1n) is 5.00. The molecule has 2 aromatic heterocycles. The third-order valence-electron chi connectivity index (χ3n) is 2.28. The summed E-state index contributed by atoms with van der Waals surface area (Å²) in [6.45, 7) is 2.54. The van der Waals surface area contributed by atoms with Gasteiger partial charge in [0.05, 0.1) is 11.0 Å². The normalized spacial score (nSPS) is 10.6. The van der Waals surface area contributed by atoms with E-state index in [1.165, 1.54) is 6.33 Å². The maximum atomic E-state index is 5.92. The topological polar surface area (TPSA) is 42.2 Å². The molecular formula is C11H11BrClN3O. The number of halogens is 2. The van der Waals surface area contributed by atoms with Crippen molar-refractivity contribution in [2.75, 3.05) is 11.9 Å². The van der Waals surface area contributed by atoms with E-state index in [-0.39, 0.29) is 0 Å². The van der Waals surface area contributed by atoms with Crippen LogP contribution in [0.25, 0.3) is 0 Å². The number of hydrogen-bond acceptors (Lipinski definition) is 4. The summed E-state index contributed by atoms with van der Waals surface area (Å²) in [5, 5.41) is 0.400.